The highest BCUT2D eigenvalue weighted by molar-refractivity contribution is 5.98. The molecule has 2 fully saturated rings. The first-order valence-electron chi connectivity index (χ1n) is 8.69. The number of nitrogens with one attached hydrogen (secondary N) is 1. The molecule has 142 valence electrons. The summed E-state index contributed by atoms with van der Waals surface area (Å²) in [5.41, 5.74) is 4.07. The summed E-state index contributed by atoms with van der Waals surface area (Å²) in [6.45, 7) is 3.78. The van der Waals surface area contributed by atoms with E-state index in [9.17, 15) is 13.6 Å². The third kappa shape index (κ3) is 2.93. The molecule has 0 heterocycles. The van der Waals surface area contributed by atoms with Gasteiger partial charge in [0.15, 0.2) is 11.5 Å². The Morgan fingerprint density at radius 3 is 2.58 bits per heavy atom. The number of fused-ring (bicyclic) bond motifs is 2. The first-order chi connectivity index (χ1) is 12.2. The molecule has 2 atom stereocenters. The van der Waals surface area contributed by atoms with E-state index in [4.69, 9.17) is 4.74 Å². The minimum Gasteiger partial charge on any atom is -0.493 e. The lowest BCUT2D eigenvalue weighted by Crippen LogP contribution is -2.34. The van der Waals surface area contributed by atoms with Crippen LogP contribution in [-0.4, -0.2) is 25.3 Å². The van der Waals surface area contributed by atoms with Crippen LogP contribution < -0.4 is 14.9 Å². The van der Waals surface area contributed by atoms with Crippen LogP contribution in [0.25, 0.3) is 0 Å². The Labute approximate surface area is 151 Å². The Morgan fingerprint density at radius 2 is 2.04 bits per heavy atom. The van der Waals surface area contributed by atoms with Crippen molar-refractivity contribution in [1.29, 1.82) is 0 Å². The normalized spacial score (nSPS) is 27.8. The Balaban J connectivity index is 1.75. The van der Waals surface area contributed by atoms with Gasteiger partial charge in [0, 0.05) is 16.7 Å². The number of carbonyl (C=O) groups excluding carboxylic acids is 1. The molecular weight excluding hydrogens is 342 g/mol. The Kier molecular flexibility index (Phi) is 4.67. The van der Waals surface area contributed by atoms with Crippen LogP contribution in [-0.2, 0) is 0 Å². The average Bonchev–Trinajstić information content (AvgIpc) is 2.92. The summed E-state index contributed by atoms with van der Waals surface area (Å²) in [7, 11) is 1.33. The van der Waals surface area contributed by atoms with Gasteiger partial charge in [-0.05, 0) is 48.8 Å². The summed E-state index contributed by atoms with van der Waals surface area (Å²) in [6, 6.07) is 4.05. The van der Waals surface area contributed by atoms with E-state index in [0.717, 1.165) is 18.6 Å². The number of hydrazone groups is 1. The van der Waals surface area contributed by atoms with Crippen LogP contribution in [0.5, 0.6) is 11.5 Å². The van der Waals surface area contributed by atoms with E-state index in [1.54, 1.807) is 0 Å². The fraction of sp³-hybridized carbons (Fsp3) is 0.579. The van der Waals surface area contributed by atoms with Gasteiger partial charge in [0.25, 0.3) is 5.91 Å². The minimum atomic E-state index is -2.96. The molecule has 0 aliphatic heterocycles. The third-order valence-corrected chi connectivity index (χ3v) is 6.45. The molecular formula is C19H24F2N2O3. The van der Waals surface area contributed by atoms with Crippen molar-refractivity contribution in [1.82, 2.24) is 5.43 Å². The van der Waals surface area contributed by atoms with E-state index in [-0.39, 0.29) is 27.9 Å². The van der Waals surface area contributed by atoms with Gasteiger partial charge in [-0.15, -0.1) is 0 Å². The highest BCUT2D eigenvalue weighted by Gasteiger charge is 2.60. The second-order valence-electron chi connectivity index (χ2n) is 7.74. The van der Waals surface area contributed by atoms with Crippen molar-refractivity contribution >= 4 is 11.6 Å². The number of alkyl halides is 2. The van der Waals surface area contributed by atoms with Gasteiger partial charge in [0.05, 0.1) is 7.11 Å². The van der Waals surface area contributed by atoms with Crippen LogP contribution in [0.1, 0.15) is 50.4 Å². The van der Waals surface area contributed by atoms with Crippen molar-refractivity contribution in [2.75, 3.05) is 7.11 Å². The maximum Gasteiger partial charge on any atom is 0.387 e. The summed E-state index contributed by atoms with van der Waals surface area (Å²) in [5.74, 6) is 0.129. The number of hydrogen-bond acceptors (Lipinski definition) is 4. The molecule has 0 aromatic heterocycles. The predicted molar refractivity (Wildman–Crippen MR) is 93.8 cm³/mol. The average molecular weight is 366 g/mol. The molecule has 2 bridgehead atoms. The molecule has 5 nitrogen and oxygen atoms in total. The highest BCUT2D eigenvalue weighted by atomic mass is 19.3. The monoisotopic (exact) mass is 366 g/mol. The Morgan fingerprint density at radius 1 is 1.31 bits per heavy atom. The Hall–Kier alpha value is -2.18. The highest BCUT2D eigenvalue weighted by Crippen LogP contribution is 2.63. The zero-order valence-corrected chi connectivity index (χ0v) is 15.4. The maximum atomic E-state index is 12.4. The number of halogens is 2. The van der Waals surface area contributed by atoms with Crippen LogP contribution in [0.3, 0.4) is 0 Å². The first-order valence-corrected chi connectivity index (χ1v) is 8.69. The fourth-order valence-corrected chi connectivity index (χ4v) is 4.28. The second-order valence-corrected chi connectivity index (χ2v) is 7.74. The molecule has 0 saturated heterocycles. The molecule has 3 rings (SSSR count). The van der Waals surface area contributed by atoms with E-state index in [1.165, 1.54) is 31.7 Å². The van der Waals surface area contributed by atoms with E-state index >= 15 is 0 Å². The van der Waals surface area contributed by atoms with Crippen molar-refractivity contribution in [2.24, 2.45) is 21.8 Å². The van der Waals surface area contributed by atoms with Gasteiger partial charge in [-0.2, -0.15) is 13.9 Å². The summed E-state index contributed by atoms with van der Waals surface area (Å²) < 4.78 is 34.2. The van der Waals surface area contributed by atoms with Crippen molar-refractivity contribution < 1.29 is 23.0 Å². The molecule has 1 amide bonds. The number of hydrogen-bond donors (Lipinski definition) is 1. The first kappa shape index (κ1) is 18.6. The SMILES string of the molecule is COc1cc(C(=O)N/N=C2/C[C@H]3CC[C@@]2(C)C3(C)C)ccc1OC(F)F. The summed E-state index contributed by atoms with van der Waals surface area (Å²) in [4.78, 5) is 12.4. The summed E-state index contributed by atoms with van der Waals surface area (Å²) >= 11 is 0. The van der Waals surface area contributed by atoms with E-state index in [1.807, 2.05) is 0 Å². The third-order valence-electron chi connectivity index (χ3n) is 6.45. The number of methoxy groups -OCH3 is 1. The fourth-order valence-electron chi connectivity index (χ4n) is 4.28. The van der Waals surface area contributed by atoms with E-state index in [2.05, 4.69) is 36.0 Å². The predicted octanol–water partition coefficient (Wildman–Crippen LogP) is 4.23. The number of amides is 1. The lowest BCUT2D eigenvalue weighted by atomic mass is 9.70. The van der Waals surface area contributed by atoms with Crippen molar-refractivity contribution in [2.45, 2.75) is 46.6 Å². The van der Waals surface area contributed by atoms with Crippen LogP contribution in [0, 0.1) is 16.7 Å². The van der Waals surface area contributed by atoms with Crippen molar-refractivity contribution in [3.8, 4) is 11.5 Å². The number of carbonyl (C=O) groups is 1. The number of benzene rings is 1. The number of ether oxygens (including phenoxy) is 2. The van der Waals surface area contributed by atoms with Crippen molar-refractivity contribution in [3.05, 3.63) is 23.8 Å². The number of rotatable bonds is 5. The molecule has 2 saturated carbocycles. The van der Waals surface area contributed by atoms with Crippen molar-refractivity contribution in [3.63, 3.8) is 0 Å². The van der Waals surface area contributed by atoms with Crippen LogP contribution in [0.15, 0.2) is 23.3 Å². The summed E-state index contributed by atoms with van der Waals surface area (Å²) in [5, 5.41) is 4.40. The van der Waals surface area contributed by atoms with Crippen LogP contribution >= 0.6 is 0 Å². The van der Waals surface area contributed by atoms with Gasteiger partial charge < -0.3 is 9.47 Å². The summed E-state index contributed by atoms with van der Waals surface area (Å²) in [6.07, 6.45) is 3.17. The molecule has 26 heavy (non-hydrogen) atoms. The lowest BCUT2D eigenvalue weighted by molar-refractivity contribution is -0.0512. The molecule has 2 aliphatic carbocycles. The Bertz CT molecular complexity index is 748. The minimum absolute atomic E-state index is 0.00238. The van der Waals surface area contributed by atoms with Gasteiger partial charge in [0.1, 0.15) is 0 Å². The van der Waals surface area contributed by atoms with E-state index < -0.39 is 12.5 Å². The standard InChI is InChI=1S/C19H24F2N2O3/c1-18(2)12-7-8-19(18,3)15(10-12)22-23-16(24)11-5-6-13(26-17(20)21)14(9-11)25-4/h5-6,9,12,17H,7-8,10H2,1-4H3,(H,23,24)/b22-15-/t12-,19-/m1/s1. The molecule has 2 aliphatic rings. The van der Waals surface area contributed by atoms with Gasteiger partial charge in [-0.3, -0.25) is 4.79 Å². The molecule has 0 unspecified atom stereocenters. The zero-order valence-electron chi connectivity index (χ0n) is 15.4. The van der Waals surface area contributed by atoms with Gasteiger partial charge in [0.2, 0.25) is 0 Å². The second kappa shape index (κ2) is 6.52. The van der Waals surface area contributed by atoms with Crippen LogP contribution in [0.2, 0.25) is 0 Å². The topological polar surface area (TPSA) is 59.9 Å². The largest absolute Gasteiger partial charge is 0.493 e. The molecule has 7 heteroatoms. The molecule has 1 aromatic carbocycles. The molecule has 0 spiro atoms. The molecule has 0 radical (unpaired) electrons. The van der Waals surface area contributed by atoms with Crippen LogP contribution in [0.4, 0.5) is 8.78 Å². The van der Waals surface area contributed by atoms with Gasteiger partial charge >= 0.3 is 6.61 Å². The zero-order chi connectivity index (χ0) is 19.1. The smallest absolute Gasteiger partial charge is 0.387 e. The quantitative estimate of drug-likeness (QED) is 0.794. The lowest BCUT2D eigenvalue weighted by Gasteiger charge is -2.34. The number of nitrogens with zero attached hydrogens (tertiary/aromatic N) is 1. The maximum absolute atomic E-state index is 12.4. The molecule has 1 aromatic rings. The van der Waals surface area contributed by atoms with Gasteiger partial charge in [-0.25, -0.2) is 5.43 Å². The van der Waals surface area contributed by atoms with Gasteiger partial charge in [-0.1, -0.05) is 20.8 Å². The van der Waals surface area contributed by atoms with E-state index in [0.29, 0.717) is 5.92 Å². The molecule has 1 N–H and O–H groups in total.